The number of rotatable bonds is 4. The van der Waals surface area contributed by atoms with Crippen LogP contribution in [0, 0.1) is 6.92 Å². The lowest BCUT2D eigenvalue weighted by molar-refractivity contribution is 0.780. The van der Waals surface area contributed by atoms with Crippen LogP contribution in [0.2, 0.25) is 0 Å². The number of para-hydroxylation sites is 1. The van der Waals surface area contributed by atoms with E-state index in [1.165, 1.54) is 44.5 Å². The highest BCUT2D eigenvalue weighted by Crippen LogP contribution is 2.51. The van der Waals surface area contributed by atoms with E-state index in [0.717, 1.165) is 12.0 Å². The molecule has 0 N–H and O–H groups in total. The summed E-state index contributed by atoms with van der Waals surface area (Å²) in [5.74, 6) is 0.343. The maximum Gasteiger partial charge on any atom is 0.0537 e. The van der Waals surface area contributed by atoms with Crippen LogP contribution < -0.4 is 4.90 Å². The number of fused-ring (bicyclic) bond motifs is 2. The molecule has 0 saturated carbocycles. The van der Waals surface area contributed by atoms with Crippen LogP contribution in [0.4, 0.5) is 11.4 Å². The first-order chi connectivity index (χ1) is 15.2. The SMILES string of the molecule is C=C(/C=C1\C(CC)c2ccccc2N1c1cccc2ccccc12)c1ccccc1C. The molecule has 1 heterocycles. The van der Waals surface area contributed by atoms with Gasteiger partial charge in [-0.2, -0.15) is 0 Å². The predicted molar refractivity (Wildman–Crippen MR) is 134 cm³/mol. The minimum Gasteiger partial charge on any atom is -0.313 e. The molecule has 1 heteroatoms. The van der Waals surface area contributed by atoms with Gasteiger partial charge < -0.3 is 4.90 Å². The Morgan fingerprint density at radius 3 is 2.35 bits per heavy atom. The van der Waals surface area contributed by atoms with Gasteiger partial charge in [-0.25, -0.2) is 0 Å². The second-order valence-corrected chi connectivity index (χ2v) is 8.26. The number of benzene rings is 4. The summed E-state index contributed by atoms with van der Waals surface area (Å²) in [6.07, 6.45) is 3.35. The predicted octanol–water partition coefficient (Wildman–Crippen LogP) is 8.39. The summed E-state index contributed by atoms with van der Waals surface area (Å²) in [5, 5.41) is 2.53. The second kappa shape index (κ2) is 7.92. The van der Waals surface area contributed by atoms with E-state index in [-0.39, 0.29) is 0 Å². The molecular weight excluding hydrogens is 374 g/mol. The Bertz CT molecular complexity index is 1310. The van der Waals surface area contributed by atoms with Crippen molar-refractivity contribution < 1.29 is 0 Å². The van der Waals surface area contributed by atoms with Gasteiger partial charge in [-0.05, 0) is 59.2 Å². The van der Waals surface area contributed by atoms with Gasteiger partial charge in [0.1, 0.15) is 0 Å². The van der Waals surface area contributed by atoms with E-state index in [1.807, 2.05) is 0 Å². The van der Waals surface area contributed by atoms with Gasteiger partial charge in [0, 0.05) is 22.7 Å². The summed E-state index contributed by atoms with van der Waals surface area (Å²) in [4.78, 5) is 2.45. The highest BCUT2D eigenvalue weighted by molar-refractivity contribution is 5.99. The van der Waals surface area contributed by atoms with Crippen molar-refractivity contribution in [2.75, 3.05) is 4.90 Å². The Balaban J connectivity index is 1.73. The number of hydrogen-bond donors (Lipinski definition) is 0. The Morgan fingerprint density at radius 2 is 1.52 bits per heavy atom. The molecule has 1 aliphatic heterocycles. The molecule has 0 saturated heterocycles. The van der Waals surface area contributed by atoms with Gasteiger partial charge >= 0.3 is 0 Å². The van der Waals surface area contributed by atoms with E-state index in [1.54, 1.807) is 0 Å². The molecule has 1 nitrogen and oxygen atoms in total. The largest absolute Gasteiger partial charge is 0.313 e. The first kappa shape index (κ1) is 19.4. The third-order valence-electron chi connectivity index (χ3n) is 6.40. The summed E-state index contributed by atoms with van der Waals surface area (Å²) in [5.41, 5.74) is 8.71. The van der Waals surface area contributed by atoms with Crippen LogP contribution in [0.25, 0.3) is 16.3 Å². The van der Waals surface area contributed by atoms with E-state index >= 15 is 0 Å². The van der Waals surface area contributed by atoms with Crippen molar-refractivity contribution in [1.29, 1.82) is 0 Å². The van der Waals surface area contributed by atoms with E-state index in [9.17, 15) is 0 Å². The molecular formula is C30H27N. The molecule has 4 aromatic carbocycles. The number of aryl methyl sites for hydroxylation is 1. The lowest BCUT2D eigenvalue weighted by Gasteiger charge is -2.25. The molecule has 0 fully saturated rings. The second-order valence-electron chi connectivity index (χ2n) is 8.26. The minimum atomic E-state index is 0.343. The average Bonchev–Trinajstić information content (AvgIpc) is 3.11. The van der Waals surface area contributed by atoms with Gasteiger partial charge in [0.25, 0.3) is 0 Å². The van der Waals surface area contributed by atoms with Gasteiger partial charge in [0.15, 0.2) is 0 Å². The Morgan fingerprint density at radius 1 is 0.839 bits per heavy atom. The van der Waals surface area contributed by atoms with Gasteiger partial charge in [-0.3, -0.25) is 0 Å². The van der Waals surface area contributed by atoms with Crippen molar-refractivity contribution in [3.63, 3.8) is 0 Å². The Labute approximate surface area is 185 Å². The molecule has 1 aliphatic rings. The first-order valence-electron chi connectivity index (χ1n) is 11.0. The fourth-order valence-corrected chi connectivity index (χ4v) is 4.90. The molecule has 31 heavy (non-hydrogen) atoms. The van der Waals surface area contributed by atoms with Crippen LogP contribution in [0.5, 0.6) is 0 Å². The Kier molecular flexibility index (Phi) is 4.95. The molecule has 0 aliphatic carbocycles. The van der Waals surface area contributed by atoms with Crippen molar-refractivity contribution in [3.05, 3.63) is 126 Å². The Hall–Kier alpha value is -3.58. The molecule has 0 amide bonds. The van der Waals surface area contributed by atoms with E-state index in [0.29, 0.717) is 5.92 Å². The van der Waals surface area contributed by atoms with Crippen molar-refractivity contribution >= 4 is 27.7 Å². The number of anilines is 2. The average molecular weight is 402 g/mol. The maximum atomic E-state index is 4.47. The standard InChI is InChI=1S/C30H27N/c1-4-24-27-17-9-10-18-29(27)31(28-19-11-14-23-13-6-8-16-26(23)28)30(24)20-22(3)25-15-7-5-12-21(25)2/h5-20,24H,3-4H2,1-2H3/b30-20+. The fraction of sp³-hybridized carbons (Fsp3) is 0.133. The monoisotopic (exact) mass is 401 g/mol. The molecule has 152 valence electrons. The smallest absolute Gasteiger partial charge is 0.0537 e. The molecule has 5 rings (SSSR count). The zero-order valence-corrected chi connectivity index (χ0v) is 18.2. The molecule has 0 aromatic heterocycles. The van der Waals surface area contributed by atoms with Gasteiger partial charge in [0.2, 0.25) is 0 Å². The van der Waals surface area contributed by atoms with Crippen LogP contribution in [0.15, 0.2) is 109 Å². The number of nitrogens with zero attached hydrogens (tertiary/aromatic N) is 1. The zero-order valence-electron chi connectivity index (χ0n) is 18.2. The third kappa shape index (κ3) is 3.27. The third-order valence-corrected chi connectivity index (χ3v) is 6.40. The topological polar surface area (TPSA) is 3.24 Å². The minimum absolute atomic E-state index is 0.343. The van der Waals surface area contributed by atoms with Crippen LogP contribution in [0.3, 0.4) is 0 Å². The van der Waals surface area contributed by atoms with Crippen LogP contribution in [-0.4, -0.2) is 0 Å². The summed E-state index contributed by atoms with van der Waals surface area (Å²) in [6.45, 7) is 8.90. The van der Waals surface area contributed by atoms with E-state index in [4.69, 9.17) is 0 Å². The molecule has 0 spiro atoms. The summed E-state index contributed by atoms with van der Waals surface area (Å²) >= 11 is 0. The number of hydrogen-bond acceptors (Lipinski definition) is 1. The van der Waals surface area contributed by atoms with Crippen molar-refractivity contribution in [1.82, 2.24) is 0 Å². The zero-order chi connectivity index (χ0) is 21.4. The van der Waals surface area contributed by atoms with E-state index < -0.39 is 0 Å². The van der Waals surface area contributed by atoms with Crippen molar-refractivity contribution in [3.8, 4) is 0 Å². The molecule has 4 aromatic rings. The highest BCUT2D eigenvalue weighted by atomic mass is 15.2. The quantitative estimate of drug-likeness (QED) is 0.332. The summed E-state index contributed by atoms with van der Waals surface area (Å²) < 4.78 is 0. The summed E-state index contributed by atoms with van der Waals surface area (Å²) in [6, 6.07) is 32.5. The highest BCUT2D eigenvalue weighted by Gasteiger charge is 2.34. The molecule has 0 radical (unpaired) electrons. The van der Waals surface area contributed by atoms with E-state index in [2.05, 4.69) is 122 Å². The van der Waals surface area contributed by atoms with Crippen LogP contribution in [0.1, 0.15) is 36.0 Å². The molecule has 1 atom stereocenters. The summed E-state index contributed by atoms with van der Waals surface area (Å²) in [7, 11) is 0. The molecule has 0 bridgehead atoms. The lowest BCUT2D eigenvalue weighted by Crippen LogP contribution is -2.14. The normalized spacial score (nSPS) is 16.6. The van der Waals surface area contributed by atoms with Gasteiger partial charge in [0.05, 0.1) is 5.69 Å². The maximum absolute atomic E-state index is 4.47. The van der Waals surface area contributed by atoms with Crippen LogP contribution in [-0.2, 0) is 0 Å². The van der Waals surface area contributed by atoms with Gasteiger partial charge in [-0.15, -0.1) is 0 Å². The van der Waals surface area contributed by atoms with Crippen molar-refractivity contribution in [2.24, 2.45) is 0 Å². The number of allylic oxidation sites excluding steroid dienone is 3. The first-order valence-corrected chi connectivity index (χ1v) is 11.0. The molecule has 1 unspecified atom stereocenters. The van der Waals surface area contributed by atoms with Gasteiger partial charge in [-0.1, -0.05) is 92.4 Å². The van der Waals surface area contributed by atoms with Crippen LogP contribution >= 0.6 is 0 Å². The fourth-order valence-electron chi connectivity index (χ4n) is 4.90. The van der Waals surface area contributed by atoms with Crippen molar-refractivity contribution in [2.45, 2.75) is 26.2 Å². The lowest BCUT2D eigenvalue weighted by atomic mass is 9.93.